The van der Waals surface area contributed by atoms with Crippen molar-refractivity contribution in [3.63, 3.8) is 0 Å². The Kier molecular flexibility index (Phi) is 1.77. The first-order chi connectivity index (χ1) is 6.50. The number of aromatic nitrogens is 2. The van der Waals surface area contributed by atoms with Crippen LogP contribution in [0.2, 0.25) is 0 Å². The van der Waals surface area contributed by atoms with E-state index < -0.39 is 0 Å². The van der Waals surface area contributed by atoms with Gasteiger partial charge in [-0.05, 0) is 12.1 Å². The number of nitrogens with zero attached hydrogens (tertiary/aromatic N) is 2. The summed E-state index contributed by atoms with van der Waals surface area (Å²) in [6.45, 7) is 6.40. The van der Waals surface area contributed by atoms with Gasteiger partial charge in [0.15, 0.2) is 0 Å². The molecule has 0 saturated heterocycles. The highest BCUT2D eigenvalue weighted by Gasteiger charge is 2.20. The number of imidazole rings is 1. The van der Waals surface area contributed by atoms with E-state index in [0.717, 1.165) is 11.3 Å². The van der Waals surface area contributed by atoms with Gasteiger partial charge >= 0.3 is 0 Å². The lowest BCUT2D eigenvalue weighted by molar-refractivity contribution is 0.543. The summed E-state index contributed by atoms with van der Waals surface area (Å²) in [6.07, 6.45) is 2.00. The molecule has 2 heterocycles. The van der Waals surface area contributed by atoms with E-state index in [0.29, 0.717) is 5.82 Å². The van der Waals surface area contributed by atoms with Crippen molar-refractivity contribution in [2.75, 3.05) is 5.73 Å². The van der Waals surface area contributed by atoms with E-state index >= 15 is 0 Å². The van der Waals surface area contributed by atoms with Crippen molar-refractivity contribution in [1.82, 2.24) is 9.38 Å². The van der Waals surface area contributed by atoms with Crippen molar-refractivity contribution in [1.29, 1.82) is 0 Å². The highest BCUT2D eigenvalue weighted by molar-refractivity contribution is 5.66. The summed E-state index contributed by atoms with van der Waals surface area (Å²) in [4.78, 5) is 4.40. The first-order valence-corrected chi connectivity index (χ1v) is 4.73. The minimum atomic E-state index is 0.0158. The first kappa shape index (κ1) is 9.06. The maximum Gasteiger partial charge on any atom is 0.149 e. The molecular weight excluding hydrogens is 174 g/mol. The molecule has 2 aromatic heterocycles. The van der Waals surface area contributed by atoms with Gasteiger partial charge in [-0.3, -0.25) is 0 Å². The predicted octanol–water partition coefficient (Wildman–Crippen LogP) is 2.21. The number of anilines is 1. The highest BCUT2D eigenvalue weighted by atomic mass is 15.1. The van der Waals surface area contributed by atoms with Crippen molar-refractivity contribution in [3.8, 4) is 0 Å². The van der Waals surface area contributed by atoms with Gasteiger partial charge in [0, 0.05) is 11.6 Å². The van der Waals surface area contributed by atoms with Crippen molar-refractivity contribution < 1.29 is 0 Å². The number of pyridine rings is 1. The van der Waals surface area contributed by atoms with Crippen LogP contribution < -0.4 is 5.73 Å². The molecule has 0 saturated carbocycles. The van der Waals surface area contributed by atoms with Gasteiger partial charge in [0.2, 0.25) is 0 Å². The minimum absolute atomic E-state index is 0.0158. The molecule has 74 valence electrons. The summed E-state index contributed by atoms with van der Waals surface area (Å²) in [5.41, 5.74) is 6.84. The molecule has 0 aliphatic carbocycles. The first-order valence-electron chi connectivity index (χ1n) is 4.73. The van der Waals surface area contributed by atoms with Gasteiger partial charge in [-0.25, -0.2) is 4.98 Å². The molecule has 0 atom stereocenters. The van der Waals surface area contributed by atoms with Gasteiger partial charge < -0.3 is 10.1 Å². The summed E-state index contributed by atoms with van der Waals surface area (Å²) < 4.78 is 2.05. The SMILES string of the molecule is CC(C)(C)c1nc(N)c2ccccn12. The molecule has 14 heavy (non-hydrogen) atoms. The summed E-state index contributed by atoms with van der Waals surface area (Å²) in [6, 6.07) is 5.95. The van der Waals surface area contributed by atoms with Crippen LogP contribution in [0.3, 0.4) is 0 Å². The van der Waals surface area contributed by atoms with Gasteiger partial charge in [0.05, 0.1) is 5.52 Å². The van der Waals surface area contributed by atoms with Crippen LogP contribution in [-0.4, -0.2) is 9.38 Å². The normalized spacial score (nSPS) is 12.2. The summed E-state index contributed by atoms with van der Waals surface area (Å²) in [5.74, 6) is 1.61. The molecule has 0 unspecified atom stereocenters. The molecule has 0 aliphatic rings. The molecule has 0 aliphatic heterocycles. The number of hydrogen-bond donors (Lipinski definition) is 1. The maximum atomic E-state index is 5.84. The van der Waals surface area contributed by atoms with Gasteiger partial charge in [0.25, 0.3) is 0 Å². The molecule has 2 aromatic rings. The molecule has 0 fully saturated rings. The quantitative estimate of drug-likeness (QED) is 0.690. The number of nitrogens with two attached hydrogens (primary N) is 1. The molecule has 0 radical (unpaired) electrons. The smallest absolute Gasteiger partial charge is 0.149 e. The van der Waals surface area contributed by atoms with Crippen molar-refractivity contribution in [2.24, 2.45) is 0 Å². The Morgan fingerprint density at radius 1 is 1.29 bits per heavy atom. The number of hydrogen-bond acceptors (Lipinski definition) is 2. The standard InChI is InChI=1S/C11H15N3/c1-11(2,3)10-13-9(12)8-6-4-5-7-14(8)10/h4-7H,12H2,1-3H3. The zero-order chi connectivity index (χ0) is 10.3. The topological polar surface area (TPSA) is 43.3 Å². The lowest BCUT2D eigenvalue weighted by atomic mass is 9.96. The van der Waals surface area contributed by atoms with E-state index in [1.54, 1.807) is 0 Å². The molecular formula is C11H15N3. The zero-order valence-corrected chi connectivity index (χ0v) is 8.78. The minimum Gasteiger partial charge on any atom is -0.382 e. The third-order valence-electron chi connectivity index (χ3n) is 2.25. The van der Waals surface area contributed by atoms with Gasteiger partial charge in [0.1, 0.15) is 11.6 Å². The molecule has 0 spiro atoms. The molecule has 2 N–H and O–H groups in total. The second-order valence-corrected chi connectivity index (χ2v) is 4.53. The van der Waals surface area contributed by atoms with Gasteiger partial charge in [-0.15, -0.1) is 0 Å². The Bertz CT molecular complexity index is 463. The van der Waals surface area contributed by atoms with E-state index in [-0.39, 0.29) is 5.41 Å². The molecule has 0 bridgehead atoms. The van der Waals surface area contributed by atoms with E-state index in [1.807, 2.05) is 24.4 Å². The fourth-order valence-electron chi connectivity index (χ4n) is 1.59. The van der Waals surface area contributed by atoms with Crippen molar-refractivity contribution in [2.45, 2.75) is 26.2 Å². The maximum absolute atomic E-state index is 5.84. The van der Waals surface area contributed by atoms with E-state index in [4.69, 9.17) is 5.73 Å². The summed E-state index contributed by atoms with van der Waals surface area (Å²) in [7, 11) is 0. The fraction of sp³-hybridized carbons (Fsp3) is 0.364. The van der Waals surface area contributed by atoms with Crippen LogP contribution in [0.15, 0.2) is 24.4 Å². The van der Waals surface area contributed by atoms with E-state index in [9.17, 15) is 0 Å². The molecule has 2 rings (SSSR count). The molecule has 0 amide bonds. The Morgan fingerprint density at radius 2 is 2.00 bits per heavy atom. The fourth-order valence-corrected chi connectivity index (χ4v) is 1.59. The number of fused-ring (bicyclic) bond motifs is 1. The third kappa shape index (κ3) is 1.25. The average Bonchev–Trinajstić information content (AvgIpc) is 2.44. The second kappa shape index (κ2) is 2.74. The Morgan fingerprint density at radius 3 is 2.64 bits per heavy atom. The largest absolute Gasteiger partial charge is 0.382 e. The van der Waals surface area contributed by atoms with Gasteiger partial charge in [-0.1, -0.05) is 26.8 Å². The monoisotopic (exact) mass is 189 g/mol. The molecule has 3 nitrogen and oxygen atoms in total. The zero-order valence-electron chi connectivity index (χ0n) is 8.78. The lowest BCUT2D eigenvalue weighted by Crippen LogP contribution is -2.15. The molecule has 3 heteroatoms. The lowest BCUT2D eigenvalue weighted by Gasteiger charge is -2.16. The predicted molar refractivity (Wildman–Crippen MR) is 58.3 cm³/mol. The van der Waals surface area contributed by atoms with Crippen LogP contribution in [0.25, 0.3) is 5.52 Å². The number of nitrogen functional groups attached to an aromatic ring is 1. The van der Waals surface area contributed by atoms with Crippen LogP contribution in [-0.2, 0) is 5.41 Å². The van der Waals surface area contributed by atoms with Crippen molar-refractivity contribution in [3.05, 3.63) is 30.2 Å². The Hall–Kier alpha value is -1.51. The Balaban J connectivity index is 2.80. The van der Waals surface area contributed by atoms with Crippen LogP contribution in [0.5, 0.6) is 0 Å². The average molecular weight is 189 g/mol. The van der Waals surface area contributed by atoms with E-state index in [1.165, 1.54) is 0 Å². The summed E-state index contributed by atoms with van der Waals surface area (Å²) in [5, 5.41) is 0. The Labute approximate surface area is 83.6 Å². The number of rotatable bonds is 0. The van der Waals surface area contributed by atoms with Crippen molar-refractivity contribution >= 4 is 11.3 Å². The van der Waals surface area contributed by atoms with Gasteiger partial charge in [-0.2, -0.15) is 0 Å². The van der Waals surface area contributed by atoms with Crippen LogP contribution in [0, 0.1) is 0 Å². The summed E-state index contributed by atoms with van der Waals surface area (Å²) >= 11 is 0. The molecule has 0 aromatic carbocycles. The van der Waals surface area contributed by atoms with Crippen LogP contribution in [0.1, 0.15) is 26.6 Å². The second-order valence-electron chi connectivity index (χ2n) is 4.53. The van der Waals surface area contributed by atoms with Crippen LogP contribution >= 0.6 is 0 Å². The van der Waals surface area contributed by atoms with E-state index in [2.05, 4.69) is 30.2 Å². The highest BCUT2D eigenvalue weighted by Crippen LogP contribution is 2.25. The third-order valence-corrected chi connectivity index (χ3v) is 2.25. The van der Waals surface area contributed by atoms with Crippen LogP contribution in [0.4, 0.5) is 5.82 Å².